The third-order valence-electron chi connectivity index (χ3n) is 1.99. The van der Waals surface area contributed by atoms with Crippen LogP contribution in [0.3, 0.4) is 0 Å². The maximum atomic E-state index is 9.78. The highest BCUT2D eigenvalue weighted by Gasteiger charge is 2.12. The van der Waals surface area contributed by atoms with E-state index in [9.17, 15) is 5.11 Å². The number of hydrogen-bond donors (Lipinski definition) is 2. The van der Waals surface area contributed by atoms with Gasteiger partial charge in [-0.25, -0.2) is 0 Å². The van der Waals surface area contributed by atoms with E-state index in [2.05, 4.69) is 15.9 Å². The molecule has 78 valence electrons. The molecule has 14 heavy (non-hydrogen) atoms. The van der Waals surface area contributed by atoms with Crippen LogP contribution in [0.15, 0.2) is 22.7 Å². The Labute approximate surface area is 92.0 Å². The Kier molecular flexibility index (Phi) is 4.38. The van der Waals surface area contributed by atoms with Gasteiger partial charge in [-0.3, -0.25) is 0 Å². The Morgan fingerprint density at radius 1 is 1.57 bits per heavy atom. The summed E-state index contributed by atoms with van der Waals surface area (Å²) in [5, 5.41) is 9.78. The second kappa shape index (κ2) is 5.34. The summed E-state index contributed by atoms with van der Waals surface area (Å²) >= 11 is 3.35. The number of ether oxygens (including phenoxy) is 1. The molecule has 0 spiro atoms. The molecule has 1 rings (SSSR count). The van der Waals surface area contributed by atoms with E-state index < -0.39 is 6.10 Å². The van der Waals surface area contributed by atoms with E-state index in [0.29, 0.717) is 18.7 Å². The lowest BCUT2D eigenvalue weighted by atomic mass is 10.1. The number of hydrogen-bond acceptors (Lipinski definition) is 3. The van der Waals surface area contributed by atoms with Crippen LogP contribution in [0.4, 0.5) is 0 Å². The van der Waals surface area contributed by atoms with Crippen molar-refractivity contribution in [1.82, 2.24) is 0 Å². The van der Waals surface area contributed by atoms with Gasteiger partial charge in [0.05, 0.1) is 13.2 Å². The van der Waals surface area contributed by atoms with Crippen molar-refractivity contribution in [3.63, 3.8) is 0 Å². The molecule has 0 aliphatic heterocycles. The fraction of sp³-hybridized carbons (Fsp3) is 0.400. The summed E-state index contributed by atoms with van der Waals surface area (Å²) in [5.41, 5.74) is 6.15. The van der Waals surface area contributed by atoms with Crippen molar-refractivity contribution < 1.29 is 9.84 Å². The Bertz CT molecular complexity index is 304. The Hall–Kier alpha value is -0.580. The SMILES string of the molecule is COc1ccc(Br)cc1C(O)CCN. The monoisotopic (exact) mass is 259 g/mol. The maximum absolute atomic E-state index is 9.78. The summed E-state index contributed by atoms with van der Waals surface area (Å²) in [6, 6.07) is 5.54. The Morgan fingerprint density at radius 3 is 2.86 bits per heavy atom. The molecule has 0 saturated carbocycles. The minimum Gasteiger partial charge on any atom is -0.496 e. The van der Waals surface area contributed by atoms with E-state index in [4.69, 9.17) is 10.5 Å². The molecule has 0 aliphatic carbocycles. The third kappa shape index (κ3) is 2.70. The number of aliphatic hydroxyl groups is 1. The predicted octanol–water partition coefficient (Wildman–Crippen LogP) is 1.84. The van der Waals surface area contributed by atoms with E-state index >= 15 is 0 Å². The normalized spacial score (nSPS) is 12.6. The van der Waals surface area contributed by atoms with Crippen LogP contribution in [0, 0.1) is 0 Å². The molecular formula is C10H14BrNO2. The number of aliphatic hydroxyl groups excluding tert-OH is 1. The summed E-state index contributed by atoms with van der Waals surface area (Å²) in [6.45, 7) is 0.455. The fourth-order valence-electron chi connectivity index (χ4n) is 1.28. The first-order valence-corrected chi connectivity index (χ1v) is 5.20. The summed E-state index contributed by atoms with van der Waals surface area (Å²) in [5.74, 6) is 0.689. The third-order valence-corrected chi connectivity index (χ3v) is 2.48. The lowest BCUT2D eigenvalue weighted by molar-refractivity contribution is 0.166. The van der Waals surface area contributed by atoms with Gasteiger partial charge >= 0.3 is 0 Å². The summed E-state index contributed by atoms with van der Waals surface area (Å²) < 4.78 is 6.07. The van der Waals surface area contributed by atoms with E-state index in [0.717, 1.165) is 10.0 Å². The van der Waals surface area contributed by atoms with Gasteiger partial charge in [0.25, 0.3) is 0 Å². The molecule has 0 aliphatic rings. The Balaban J connectivity index is 2.97. The summed E-state index contributed by atoms with van der Waals surface area (Å²) in [6.07, 6.45) is -0.0280. The molecule has 1 aromatic rings. The van der Waals surface area contributed by atoms with Crippen LogP contribution in [0.25, 0.3) is 0 Å². The van der Waals surface area contributed by atoms with Gasteiger partial charge in [0.15, 0.2) is 0 Å². The fourth-order valence-corrected chi connectivity index (χ4v) is 1.66. The van der Waals surface area contributed by atoms with Crippen LogP contribution < -0.4 is 10.5 Å². The van der Waals surface area contributed by atoms with Gasteiger partial charge in [0, 0.05) is 10.0 Å². The molecule has 0 bridgehead atoms. The van der Waals surface area contributed by atoms with Gasteiger partial charge in [-0.15, -0.1) is 0 Å². The second-order valence-corrected chi connectivity index (χ2v) is 3.90. The maximum Gasteiger partial charge on any atom is 0.124 e. The average molecular weight is 260 g/mol. The zero-order chi connectivity index (χ0) is 10.6. The highest BCUT2D eigenvalue weighted by atomic mass is 79.9. The van der Waals surface area contributed by atoms with Crippen LogP contribution in [-0.2, 0) is 0 Å². The molecule has 3 N–H and O–H groups in total. The van der Waals surface area contributed by atoms with Crippen molar-refractivity contribution in [3.05, 3.63) is 28.2 Å². The van der Waals surface area contributed by atoms with Crippen LogP contribution in [-0.4, -0.2) is 18.8 Å². The largest absolute Gasteiger partial charge is 0.496 e. The van der Waals surface area contributed by atoms with E-state index in [1.54, 1.807) is 7.11 Å². The van der Waals surface area contributed by atoms with Crippen molar-refractivity contribution in [2.45, 2.75) is 12.5 Å². The van der Waals surface area contributed by atoms with Gasteiger partial charge < -0.3 is 15.6 Å². The zero-order valence-corrected chi connectivity index (χ0v) is 9.62. The topological polar surface area (TPSA) is 55.5 Å². The number of nitrogens with two attached hydrogens (primary N) is 1. The molecule has 0 heterocycles. The molecule has 4 heteroatoms. The first-order valence-electron chi connectivity index (χ1n) is 4.40. The molecule has 1 atom stereocenters. The molecule has 0 saturated heterocycles. The second-order valence-electron chi connectivity index (χ2n) is 2.98. The molecule has 1 aromatic carbocycles. The average Bonchev–Trinajstić information content (AvgIpc) is 2.18. The molecule has 0 aromatic heterocycles. The molecule has 3 nitrogen and oxygen atoms in total. The molecular weight excluding hydrogens is 246 g/mol. The first-order chi connectivity index (χ1) is 6.69. The molecule has 0 amide bonds. The van der Waals surface area contributed by atoms with Crippen molar-refractivity contribution in [2.75, 3.05) is 13.7 Å². The standard InChI is InChI=1S/C10H14BrNO2/c1-14-10-3-2-7(11)6-8(10)9(13)4-5-12/h2-3,6,9,13H,4-5,12H2,1H3. The highest BCUT2D eigenvalue weighted by Crippen LogP contribution is 2.29. The van der Waals surface area contributed by atoms with E-state index in [1.807, 2.05) is 18.2 Å². The van der Waals surface area contributed by atoms with Crippen molar-refractivity contribution in [2.24, 2.45) is 5.73 Å². The zero-order valence-electron chi connectivity index (χ0n) is 8.03. The lowest BCUT2D eigenvalue weighted by Crippen LogP contribution is -2.07. The lowest BCUT2D eigenvalue weighted by Gasteiger charge is -2.14. The van der Waals surface area contributed by atoms with Gasteiger partial charge in [-0.1, -0.05) is 15.9 Å². The number of halogens is 1. The van der Waals surface area contributed by atoms with E-state index in [-0.39, 0.29) is 0 Å². The van der Waals surface area contributed by atoms with Crippen molar-refractivity contribution in [3.8, 4) is 5.75 Å². The smallest absolute Gasteiger partial charge is 0.124 e. The van der Waals surface area contributed by atoms with E-state index in [1.165, 1.54) is 0 Å². The van der Waals surface area contributed by atoms with Crippen LogP contribution in [0.1, 0.15) is 18.1 Å². The molecule has 0 fully saturated rings. The molecule has 1 unspecified atom stereocenters. The van der Waals surface area contributed by atoms with Gasteiger partial charge in [0.2, 0.25) is 0 Å². The summed E-state index contributed by atoms with van der Waals surface area (Å²) in [4.78, 5) is 0. The van der Waals surface area contributed by atoms with Crippen LogP contribution in [0.5, 0.6) is 5.75 Å². The first kappa shape index (κ1) is 11.5. The van der Waals surface area contributed by atoms with Crippen molar-refractivity contribution in [1.29, 1.82) is 0 Å². The number of benzene rings is 1. The minimum atomic E-state index is -0.563. The predicted molar refractivity (Wildman–Crippen MR) is 59.3 cm³/mol. The highest BCUT2D eigenvalue weighted by molar-refractivity contribution is 9.10. The van der Waals surface area contributed by atoms with Crippen molar-refractivity contribution >= 4 is 15.9 Å². The number of methoxy groups -OCH3 is 1. The van der Waals surface area contributed by atoms with Crippen LogP contribution >= 0.6 is 15.9 Å². The quantitative estimate of drug-likeness (QED) is 0.868. The van der Waals surface area contributed by atoms with Crippen LogP contribution in [0.2, 0.25) is 0 Å². The molecule has 0 radical (unpaired) electrons. The number of rotatable bonds is 4. The van der Waals surface area contributed by atoms with Gasteiger partial charge in [-0.05, 0) is 31.2 Å². The van der Waals surface area contributed by atoms with Gasteiger partial charge in [0.1, 0.15) is 5.75 Å². The summed E-state index contributed by atoms with van der Waals surface area (Å²) in [7, 11) is 1.59. The Morgan fingerprint density at radius 2 is 2.29 bits per heavy atom. The minimum absolute atomic E-state index is 0.455. The van der Waals surface area contributed by atoms with Gasteiger partial charge in [-0.2, -0.15) is 0 Å².